The fourth-order valence-electron chi connectivity index (χ4n) is 2.71. The summed E-state index contributed by atoms with van der Waals surface area (Å²) in [5, 5.41) is 8.60. The molecule has 2 atom stereocenters. The van der Waals surface area contributed by atoms with E-state index < -0.39 is 5.97 Å². The van der Waals surface area contributed by atoms with Gasteiger partial charge < -0.3 is 5.11 Å². The van der Waals surface area contributed by atoms with Crippen molar-refractivity contribution in [1.82, 2.24) is 0 Å². The molecule has 4 heteroatoms. The molecule has 1 heterocycles. The molecule has 128 valence electrons. The minimum Gasteiger partial charge on any atom is -0.481 e. The fourth-order valence-corrected chi connectivity index (χ4v) is 5.67. The van der Waals surface area contributed by atoms with Crippen LogP contribution in [0.2, 0.25) is 0 Å². The van der Waals surface area contributed by atoms with Gasteiger partial charge in [-0.1, -0.05) is 38.3 Å². The summed E-state index contributed by atoms with van der Waals surface area (Å²) in [6, 6.07) is 0. The van der Waals surface area contributed by atoms with Crippen LogP contribution in [0.5, 0.6) is 0 Å². The van der Waals surface area contributed by atoms with E-state index in [9.17, 15) is 4.79 Å². The molecule has 0 saturated carbocycles. The van der Waals surface area contributed by atoms with Crippen molar-refractivity contribution < 1.29 is 9.90 Å². The summed E-state index contributed by atoms with van der Waals surface area (Å²) in [7, 11) is 0. The Morgan fingerprint density at radius 3 is 2.77 bits per heavy atom. The molecule has 1 aliphatic heterocycles. The van der Waals surface area contributed by atoms with Crippen molar-refractivity contribution in [2.24, 2.45) is 11.8 Å². The van der Waals surface area contributed by atoms with Crippen LogP contribution in [0.15, 0.2) is 12.2 Å². The first-order valence-corrected chi connectivity index (χ1v) is 11.1. The van der Waals surface area contributed by atoms with Crippen molar-refractivity contribution in [1.29, 1.82) is 0 Å². The van der Waals surface area contributed by atoms with E-state index >= 15 is 0 Å². The first kappa shape index (κ1) is 20.0. The number of carbonyl (C=O) groups is 1. The number of allylic oxidation sites excluding steroid dienone is 2. The Morgan fingerprint density at radius 1 is 1.18 bits per heavy atom. The van der Waals surface area contributed by atoms with E-state index in [0.29, 0.717) is 6.42 Å². The zero-order chi connectivity index (χ0) is 16.0. The molecular formula is C18H32O2S2. The molecule has 1 aliphatic rings. The second-order valence-corrected chi connectivity index (χ2v) is 8.41. The standard InChI is InChI=1S/C18H32O2S2/c1-2-3-4-9-12-21-14-17-15-22-13-16(17)10-7-5-6-8-11-18(19)20/h5,7,16-17H,2-4,6,8-15H2,1H3,(H,19,20)/t16-,17-/m1/s1. The largest absolute Gasteiger partial charge is 0.481 e. The molecule has 1 N–H and O–H groups in total. The highest BCUT2D eigenvalue weighted by Crippen LogP contribution is 2.34. The summed E-state index contributed by atoms with van der Waals surface area (Å²) in [5.74, 6) is 6.33. The van der Waals surface area contributed by atoms with Gasteiger partial charge in [0.2, 0.25) is 0 Å². The molecule has 22 heavy (non-hydrogen) atoms. The fraction of sp³-hybridized carbons (Fsp3) is 0.833. The Kier molecular flexibility index (Phi) is 12.1. The van der Waals surface area contributed by atoms with Crippen LogP contribution >= 0.6 is 23.5 Å². The van der Waals surface area contributed by atoms with Gasteiger partial charge in [-0.3, -0.25) is 4.79 Å². The highest BCUT2D eigenvalue weighted by atomic mass is 32.2. The number of thioether (sulfide) groups is 2. The highest BCUT2D eigenvalue weighted by molar-refractivity contribution is 8.00. The smallest absolute Gasteiger partial charge is 0.303 e. The molecule has 2 nitrogen and oxygen atoms in total. The van der Waals surface area contributed by atoms with Gasteiger partial charge in [0.25, 0.3) is 0 Å². The first-order chi connectivity index (χ1) is 10.7. The third kappa shape index (κ3) is 9.83. The van der Waals surface area contributed by atoms with E-state index in [2.05, 4.69) is 42.6 Å². The Labute approximate surface area is 144 Å². The number of aliphatic carboxylic acids is 1. The lowest BCUT2D eigenvalue weighted by Gasteiger charge is -2.16. The number of carboxylic acids is 1. The third-order valence-corrected chi connectivity index (χ3v) is 6.74. The average Bonchev–Trinajstić information content (AvgIpc) is 2.93. The van der Waals surface area contributed by atoms with Crippen molar-refractivity contribution in [2.45, 2.75) is 58.3 Å². The maximum absolute atomic E-state index is 10.4. The van der Waals surface area contributed by atoms with E-state index in [0.717, 1.165) is 24.7 Å². The molecule has 0 radical (unpaired) electrons. The molecule has 0 aromatic heterocycles. The van der Waals surface area contributed by atoms with E-state index in [4.69, 9.17) is 5.11 Å². The van der Waals surface area contributed by atoms with Gasteiger partial charge >= 0.3 is 5.97 Å². The molecule has 1 rings (SSSR count). The van der Waals surface area contributed by atoms with Crippen LogP contribution in [-0.4, -0.2) is 34.1 Å². The molecule has 0 spiro atoms. The zero-order valence-electron chi connectivity index (χ0n) is 14.0. The van der Waals surface area contributed by atoms with Crippen LogP contribution < -0.4 is 0 Å². The molecule has 0 aromatic carbocycles. The summed E-state index contributed by atoms with van der Waals surface area (Å²) in [6.45, 7) is 2.27. The first-order valence-electron chi connectivity index (χ1n) is 8.76. The quantitative estimate of drug-likeness (QED) is 0.354. The van der Waals surface area contributed by atoms with Gasteiger partial charge in [0.05, 0.1) is 0 Å². The molecule has 0 aromatic rings. The minimum atomic E-state index is -0.684. The summed E-state index contributed by atoms with van der Waals surface area (Å²) in [6.07, 6.45) is 13.1. The second kappa shape index (κ2) is 13.4. The van der Waals surface area contributed by atoms with Crippen LogP contribution in [0.3, 0.4) is 0 Å². The van der Waals surface area contributed by atoms with Crippen LogP contribution in [0.1, 0.15) is 58.3 Å². The van der Waals surface area contributed by atoms with Crippen molar-refractivity contribution >= 4 is 29.5 Å². The Balaban J connectivity index is 2.07. The highest BCUT2D eigenvalue weighted by Gasteiger charge is 2.26. The number of rotatable bonds is 13. The Morgan fingerprint density at radius 2 is 2.00 bits per heavy atom. The van der Waals surface area contributed by atoms with Crippen molar-refractivity contribution in [2.75, 3.05) is 23.0 Å². The Hall–Kier alpha value is -0.0900. The number of carboxylic acid groups (broad SMARTS) is 1. The lowest BCUT2D eigenvalue weighted by Crippen LogP contribution is -2.14. The molecular weight excluding hydrogens is 312 g/mol. The van der Waals surface area contributed by atoms with Crippen LogP contribution in [-0.2, 0) is 4.79 Å². The third-order valence-electron chi connectivity index (χ3n) is 4.17. The predicted octanol–water partition coefficient (Wildman–Crippen LogP) is 5.48. The van der Waals surface area contributed by atoms with Crippen LogP contribution in [0.4, 0.5) is 0 Å². The summed E-state index contributed by atoms with van der Waals surface area (Å²) >= 11 is 4.26. The Bertz CT molecular complexity index is 318. The number of hydrogen-bond donors (Lipinski definition) is 1. The lowest BCUT2D eigenvalue weighted by atomic mass is 9.94. The van der Waals surface area contributed by atoms with Crippen molar-refractivity contribution in [3.8, 4) is 0 Å². The summed E-state index contributed by atoms with van der Waals surface area (Å²) < 4.78 is 0. The zero-order valence-corrected chi connectivity index (χ0v) is 15.6. The second-order valence-electron chi connectivity index (χ2n) is 6.19. The van der Waals surface area contributed by atoms with Crippen LogP contribution in [0, 0.1) is 11.8 Å². The molecule has 0 aliphatic carbocycles. The van der Waals surface area contributed by atoms with Gasteiger partial charge in [0.1, 0.15) is 0 Å². The van der Waals surface area contributed by atoms with Gasteiger partial charge in [0, 0.05) is 6.42 Å². The van der Waals surface area contributed by atoms with E-state index in [1.165, 1.54) is 55.1 Å². The maximum Gasteiger partial charge on any atom is 0.303 e. The predicted molar refractivity (Wildman–Crippen MR) is 101 cm³/mol. The molecule has 0 amide bonds. The van der Waals surface area contributed by atoms with Gasteiger partial charge in [-0.05, 0) is 60.5 Å². The molecule has 1 fully saturated rings. The van der Waals surface area contributed by atoms with Crippen LogP contribution in [0.25, 0.3) is 0 Å². The van der Waals surface area contributed by atoms with Crippen molar-refractivity contribution in [3.05, 3.63) is 12.2 Å². The van der Waals surface area contributed by atoms with Gasteiger partial charge in [-0.2, -0.15) is 23.5 Å². The maximum atomic E-state index is 10.4. The molecule has 0 bridgehead atoms. The summed E-state index contributed by atoms with van der Waals surface area (Å²) in [5.41, 5.74) is 0. The van der Waals surface area contributed by atoms with Crippen molar-refractivity contribution in [3.63, 3.8) is 0 Å². The lowest BCUT2D eigenvalue weighted by molar-refractivity contribution is -0.137. The van der Waals surface area contributed by atoms with Gasteiger partial charge in [-0.25, -0.2) is 0 Å². The number of unbranched alkanes of at least 4 members (excludes halogenated alkanes) is 4. The van der Waals surface area contributed by atoms with E-state index in [-0.39, 0.29) is 0 Å². The minimum absolute atomic E-state index is 0.293. The van der Waals surface area contributed by atoms with Gasteiger partial charge in [0.15, 0.2) is 0 Å². The molecule has 0 unspecified atom stereocenters. The normalized spacial score (nSPS) is 21.7. The topological polar surface area (TPSA) is 37.3 Å². The van der Waals surface area contributed by atoms with E-state index in [1.54, 1.807) is 0 Å². The average molecular weight is 345 g/mol. The summed E-state index contributed by atoms with van der Waals surface area (Å²) in [4.78, 5) is 10.4. The monoisotopic (exact) mass is 344 g/mol. The SMILES string of the molecule is CCCCCCSC[C@@H]1CSC[C@H]1CC=CCCCC(=O)O. The van der Waals surface area contributed by atoms with Gasteiger partial charge in [-0.15, -0.1) is 0 Å². The van der Waals surface area contributed by atoms with E-state index in [1.807, 2.05) is 0 Å². The number of hydrogen-bond acceptors (Lipinski definition) is 3. The molecule has 1 saturated heterocycles.